The summed E-state index contributed by atoms with van der Waals surface area (Å²) in [5.41, 5.74) is 2.15. The summed E-state index contributed by atoms with van der Waals surface area (Å²) in [5.74, 6) is -0.536. The second-order valence-electron chi connectivity index (χ2n) is 7.68. The number of phenols is 3. The minimum Gasteiger partial charge on any atom is -0.508 e. The molecule has 1 aliphatic heterocycles. The van der Waals surface area contributed by atoms with Gasteiger partial charge in [0.1, 0.15) is 5.75 Å². The number of ether oxygens (including phenoxy) is 2. The summed E-state index contributed by atoms with van der Waals surface area (Å²) < 4.78 is 12.2. The Hall–Kier alpha value is -2.24. The zero-order valence-electron chi connectivity index (χ0n) is 15.9. The molecule has 0 radical (unpaired) electrons. The second-order valence-corrected chi connectivity index (χ2v) is 7.68. The van der Waals surface area contributed by atoms with E-state index in [-0.39, 0.29) is 29.5 Å². The summed E-state index contributed by atoms with van der Waals surface area (Å²) in [6, 6.07) is 12.2. The molecule has 5 nitrogen and oxygen atoms in total. The molecule has 1 saturated heterocycles. The maximum absolute atomic E-state index is 9.64. The Morgan fingerprint density at radius 2 is 1.37 bits per heavy atom. The Morgan fingerprint density at radius 3 is 1.96 bits per heavy atom. The molecule has 5 heteroatoms. The van der Waals surface area contributed by atoms with Gasteiger partial charge in [0.05, 0.1) is 12.2 Å². The molecular formula is C22H28O5. The van der Waals surface area contributed by atoms with Crippen molar-refractivity contribution in [1.29, 1.82) is 0 Å². The van der Waals surface area contributed by atoms with E-state index >= 15 is 0 Å². The van der Waals surface area contributed by atoms with Crippen LogP contribution in [0.2, 0.25) is 0 Å². The van der Waals surface area contributed by atoms with Crippen LogP contribution in [0.1, 0.15) is 44.2 Å². The predicted octanol–water partition coefficient (Wildman–Crippen LogP) is 4.28. The third-order valence-corrected chi connectivity index (χ3v) is 4.91. The predicted molar refractivity (Wildman–Crippen MR) is 103 cm³/mol. The molecule has 0 saturated carbocycles. The maximum Gasteiger partial charge on any atom is 0.163 e. The highest BCUT2D eigenvalue weighted by molar-refractivity contribution is 5.40. The standard InChI is InChI=1S/C22H28O5/c1-22(2)26-18(10-5-15-3-8-17(23)9-4-15)14-19(27-22)11-6-16-7-12-20(24)21(25)13-16/h3-4,7-9,12-13,18-19,23-25H,5-6,10-11,14H2,1-2H3/t18-,19+/m0/s1. The first-order chi connectivity index (χ1) is 12.8. The zero-order valence-corrected chi connectivity index (χ0v) is 15.9. The van der Waals surface area contributed by atoms with Gasteiger partial charge in [-0.25, -0.2) is 0 Å². The van der Waals surface area contributed by atoms with Crippen LogP contribution in [-0.4, -0.2) is 33.3 Å². The Morgan fingerprint density at radius 1 is 0.815 bits per heavy atom. The molecule has 0 amide bonds. The minimum atomic E-state index is -0.625. The molecule has 3 rings (SSSR count). The first kappa shape index (κ1) is 19.5. The lowest BCUT2D eigenvalue weighted by atomic mass is 9.97. The first-order valence-electron chi connectivity index (χ1n) is 9.45. The number of rotatable bonds is 6. The third kappa shape index (κ3) is 5.62. The highest BCUT2D eigenvalue weighted by atomic mass is 16.7. The topological polar surface area (TPSA) is 79.2 Å². The minimum absolute atomic E-state index is 0.0783. The molecule has 0 unspecified atom stereocenters. The fourth-order valence-electron chi connectivity index (χ4n) is 3.62. The molecule has 0 bridgehead atoms. The lowest BCUT2D eigenvalue weighted by molar-refractivity contribution is -0.301. The van der Waals surface area contributed by atoms with Crippen LogP contribution in [0.25, 0.3) is 0 Å². The molecule has 0 aromatic heterocycles. The van der Waals surface area contributed by atoms with Crippen molar-refractivity contribution < 1.29 is 24.8 Å². The van der Waals surface area contributed by atoms with E-state index in [1.807, 2.05) is 32.0 Å². The van der Waals surface area contributed by atoms with E-state index in [9.17, 15) is 15.3 Å². The van der Waals surface area contributed by atoms with Crippen molar-refractivity contribution >= 4 is 0 Å². The van der Waals surface area contributed by atoms with Gasteiger partial charge in [-0.2, -0.15) is 0 Å². The Kier molecular flexibility index (Phi) is 5.92. The average molecular weight is 372 g/mol. The summed E-state index contributed by atoms with van der Waals surface area (Å²) in [6.45, 7) is 3.89. The lowest BCUT2D eigenvalue weighted by Gasteiger charge is -2.41. The van der Waals surface area contributed by atoms with Crippen molar-refractivity contribution in [3.05, 3.63) is 53.6 Å². The number of phenolic OH excluding ortho intramolecular Hbond substituents is 3. The fraction of sp³-hybridized carbons (Fsp3) is 0.455. The van der Waals surface area contributed by atoms with Crippen LogP contribution >= 0.6 is 0 Å². The number of hydrogen-bond donors (Lipinski definition) is 3. The molecule has 1 fully saturated rings. The Bertz CT molecular complexity index is 754. The third-order valence-electron chi connectivity index (χ3n) is 4.91. The highest BCUT2D eigenvalue weighted by Gasteiger charge is 2.34. The zero-order chi connectivity index (χ0) is 19.4. The number of benzene rings is 2. The molecule has 1 heterocycles. The van der Waals surface area contributed by atoms with Gasteiger partial charge in [-0.3, -0.25) is 0 Å². The number of hydrogen-bond acceptors (Lipinski definition) is 5. The maximum atomic E-state index is 9.64. The molecule has 0 aliphatic carbocycles. The van der Waals surface area contributed by atoms with Gasteiger partial charge < -0.3 is 24.8 Å². The molecule has 3 N–H and O–H groups in total. The van der Waals surface area contributed by atoms with Gasteiger partial charge in [0.25, 0.3) is 0 Å². The Balaban J connectivity index is 1.55. The quantitative estimate of drug-likeness (QED) is 0.660. The van der Waals surface area contributed by atoms with Crippen LogP contribution in [0.5, 0.6) is 17.2 Å². The Labute approximate surface area is 160 Å². The van der Waals surface area contributed by atoms with Gasteiger partial charge in [-0.05, 0) is 74.9 Å². The molecule has 0 spiro atoms. The summed E-state index contributed by atoms with van der Waals surface area (Å²) in [5, 5.41) is 28.5. The van der Waals surface area contributed by atoms with E-state index < -0.39 is 5.79 Å². The largest absolute Gasteiger partial charge is 0.508 e. The van der Waals surface area contributed by atoms with Gasteiger partial charge in [-0.15, -0.1) is 0 Å². The molecule has 2 aromatic rings. The van der Waals surface area contributed by atoms with Crippen LogP contribution < -0.4 is 0 Å². The molecule has 2 aromatic carbocycles. The SMILES string of the molecule is CC1(C)O[C@H](CCc2ccc(O)c(O)c2)C[C@H](CCc2ccc(O)cc2)O1. The smallest absolute Gasteiger partial charge is 0.163 e. The molecular weight excluding hydrogens is 344 g/mol. The van der Waals surface area contributed by atoms with Gasteiger partial charge in [0.15, 0.2) is 17.3 Å². The lowest BCUT2D eigenvalue weighted by Crippen LogP contribution is -2.44. The highest BCUT2D eigenvalue weighted by Crippen LogP contribution is 2.32. The molecule has 27 heavy (non-hydrogen) atoms. The average Bonchev–Trinajstić information content (AvgIpc) is 2.61. The summed E-state index contributed by atoms with van der Waals surface area (Å²) in [4.78, 5) is 0. The van der Waals surface area contributed by atoms with E-state index in [1.165, 1.54) is 11.6 Å². The van der Waals surface area contributed by atoms with Gasteiger partial charge in [-0.1, -0.05) is 18.2 Å². The van der Waals surface area contributed by atoms with Crippen molar-refractivity contribution in [2.24, 2.45) is 0 Å². The summed E-state index contributed by atoms with van der Waals surface area (Å²) in [7, 11) is 0. The van der Waals surface area contributed by atoms with E-state index in [0.29, 0.717) is 0 Å². The fourth-order valence-corrected chi connectivity index (χ4v) is 3.62. The van der Waals surface area contributed by atoms with Crippen LogP contribution in [0.4, 0.5) is 0 Å². The van der Waals surface area contributed by atoms with E-state index in [4.69, 9.17) is 9.47 Å². The van der Waals surface area contributed by atoms with Crippen molar-refractivity contribution in [3.8, 4) is 17.2 Å². The van der Waals surface area contributed by atoms with Crippen LogP contribution in [0, 0.1) is 0 Å². The van der Waals surface area contributed by atoms with Crippen LogP contribution in [0.3, 0.4) is 0 Å². The van der Waals surface area contributed by atoms with Crippen molar-refractivity contribution in [3.63, 3.8) is 0 Å². The number of aryl methyl sites for hydroxylation is 2. The van der Waals surface area contributed by atoms with Crippen molar-refractivity contribution in [1.82, 2.24) is 0 Å². The van der Waals surface area contributed by atoms with Crippen LogP contribution in [-0.2, 0) is 22.3 Å². The van der Waals surface area contributed by atoms with Crippen LogP contribution in [0.15, 0.2) is 42.5 Å². The first-order valence-corrected chi connectivity index (χ1v) is 9.45. The number of aromatic hydroxyl groups is 3. The van der Waals surface area contributed by atoms with E-state index in [0.717, 1.165) is 37.7 Å². The monoisotopic (exact) mass is 372 g/mol. The van der Waals surface area contributed by atoms with E-state index in [2.05, 4.69) is 0 Å². The summed E-state index contributed by atoms with van der Waals surface area (Å²) >= 11 is 0. The van der Waals surface area contributed by atoms with Crippen molar-refractivity contribution in [2.45, 2.75) is 63.9 Å². The van der Waals surface area contributed by atoms with Crippen molar-refractivity contribution in [2.75, 3.05) is 0 Å². The summed E-state index contributed by atoms with van der Waals surface area (Å²) in [6.07, 6.45) is 4.39. The van der Waals surface area contributed by atoms with Gasteiger partial charge >= 0.3 is 0 Å². The van der Waals surface area contributed by atoms with Gasteiger partial charge in [0, 0.05) is 6.42 Å². The molecule has 2 atom stereocenters. The molecule has 146 valence electrons. The normalized spacial score (nSPS) is 21.9. The van der Waals surface area contributed by atoms with E-state index in [1.54, 1.807) is 18.2 Å². The second kappa shape index (κ2) is 8.19. The van der Waals surface area contributed by atoms with Gasteiger partial charge in [0.2, 0.25) is 0 Å². The molecule has 1 aliphatic rings.